The van der Waals surface area contributed by atoms with Gasteiger partial charge in [0.05, 0.1) is 11.6 Å². The van der Waals surface area contributed by atoms with Gasteiger partial charge in [-0.05, 0) is 42.3 Å². The van der Waals surface area contributed by atoms with Gasteiger partial charge in [0, 0.05) is 22.1 Å². The first-order valence-electron chi connectivity index (χ1n) is 6.27. The first-order valence-corrected chi connectivity index (χ1v) is 7.44. The highest BCUT2D eigenvalue weighted by Crippen LogP contribution is 2.22. The van der Waals surface area contributed by atoms with Crippen molar-refractivity contribution in [3.8, 4) is 6.07 Å². The topological polar surface area (TPSA) is 35.8 Å². The summed E-state index contributed by atoms with van der Waals surface area (Å²) in [6, 6.07) is 15.8. The van der Waals surface area contributed by atoms with E-state index in [1.54, 1.807) is 0 Å². The summed E-state index contributed by atoms with van der Waals surface area (Å²) < 4.78 is 1.00. The summed E-state index contributed by atoms with van der Waals surface area (Å²) in [5.74, 6) is 0. The third-order valence-corrected chi connectivity index (χ3v) is 4.13. The van der Waals surface area contributed by atoms with E-state index in [0.717, 1.165) is 27.2 Å². The van der Waals surface area contributed by atoms with Crippen LogP contribution in [0.2, 0.25) is 5.02 Å². The smallest absolute Gasteiger partial charge is 0.0991 e. The molecule has 20 heavy (non-hydrogen) atoms. The molecule has 0 heterocycles. The van der Waals surface area contributed by atoms with E-state index < -0.39 is 0 Å². The molecule has 1 unspecified atom stereocenters. The zero-order chi connectivity index (χ0) is 14.5. The lowest BCUT2D eigenvalue weighted by molar-refractivity contribution is 0.574. The van der Waals surface area contributed by atoms with Crippen molar-refractivity contribution in [3.05, 3.63) is 68.7 Å². The van der Waals surface area contributed by atoms with Crippen molar-refractivity contribution >= 4 is 27.5 Å². The van der Waals surface area contributed by atoms with Gasteiger partial charge in [0.1, 0.15) is 0 Å². The summed E-state index contributed by atoms with van der Waals surface area (Å²) in [7, 11) is 0. The molecule has 0 aliphatic heterocycles. The van der Waals surface area contributed by atoms with E-state index in [2.05, 4.69) is 34.2 Å². The Morgan fingerprint density at radius 3 is 2.55 bits per heavy atom. The standard InChI is InChI=1S/C16H14BrClN2/c1-11(13-4-2-12(9-19)3-5-13)20-10-14-6-7-15(18)8-16(14)17/h2-8,11,20H,10H2,1H3. The van der Waals surface area contributed by atoms with Gasteiger partial charge >= 0.3 is 0 Å². The van der Waals surface area contributed by atoms with Crippen molar-refractivity contribution in [2.75, 3.05) is 0 Å². The molecule has 102 valence electrons. The van der Waals surface area contributed by atoms with Crippen molar-refractivity contribution in [3.63, 3.8) is 0 Å². The Morgan fingerprint density at radius 2 is 1.95 bits per heavy atom. The van der Waals surface area contributed by atoms with Crippen LogP contribution in [0, 0.1) is 11.3 Å². The third-order valence-electron chi connectivity index (χ3n) is 3.15. The summed E-state index contributed by atoms with van der Waals surface area (Å²) in [4.78, 5) is 0. The molecule has 2 rings (SSSR count). The van der Waals surface area contributed by atoms with E-state index in [0.29, 0.717) is 5.56 Å². The maximum absolute atomic E-state index is 8.79. The number of hydrogen-bond acceptors (Lipinski definition) is 2. The number of nitriles is 1. The van der Waals surface area contributed by atoms with Gasteiger partial charge in [0.15, 0.2) is 0 Å². The monoisotopic (exact) mass is 348 g/mol. The molecule has 0 saturated heterocycles. The molecule has 1 atom stereocenters. The molecule has 4 heteroatoms. The van der Waals surface area contributed by atoms with Gasteiger partial charge in [0.25, 0.3) is 0 Å². The highest BCUT2D eigenvalue weighted by Gasteiger charge is 2.06. The van der Waals surface area contributed by atoms with E-state index in [-0.39, 0.29) is 6.04 Å². The van der Waals surface area contributed by atoms with Crippen molar-refractivity contribution in [1.29, 1.82) is 5.26 Å². The molecule has 0 saturated carbocycles. The number of nitrogens with zero attached hydrogens (tertiary/aromatic N) is 1. The minimum Gasteiger partial charge on any atom is -0.306 e. The van der Waals surface area contributed by atoms with Crippen LogP contribution in [0.15, 0.2) is 46.9 Å². The van der Waals surface area contributed by atoms with Gasteiger partial charge < -0.3 is 5.32 Å². The highest BCUT2D eigenvalue weighted by atomic mass is 79.9. The third kappa shape index (κ3) is 3.83. The number of nitrogens with one attached hydrogen (secondary N) is 1. The van der Waals surface area contributed by atoms with Crippen LogP contribution in [0.3, 0.4) is 0 Å². The zero-order valence-electron chi connectivity index (χ0n) is 11.0. The maximum Gasteiger partial charge on any atom is 0.0991 e. The van der Waals surface area contributed by atoms with Crippen LogP contribution in [0.5, 0.6) is 0 Å². The van der Waals surface area contributed by atoms with Gasteiger partial charge in [-0.2, -0.15) is 5.26 Å². The summed E-state index contributed by atoms with van der Waals surface area (Å²) in [6.07, 6.45) is 0. The van der Waals surface area contributed by atoms with E-state index in [9.17, 15) is 0 Å². The van der Waals surface area contributed by atoms with Crippen LogP contribution < -0.4 is 5.32 Å². The largest absolute Gasteiger partial charge is 0.306 e. The van der Waals surface area contributed by atoms with Gasteiger partial charge in [-0.3, -0.25) is 0 Å². The highest BCUT2D eigenvalue weighted by molar-refractivity contribution is 9.10. The molecule has 0 spiro atoms. The molecule has 1 N–H and O–H groups in total. The normalized spacial score (nSPS) is 11.9. The second-order valence-electron chi connectivity index (χ2n) is 4.57. The van der Waals surface area contributed by atoms with Crippen LogP contribution >= 0.6 is 27.5 Å². The van der Waals surface area contributed by atoms with Crippen LogP contribution in [0.25, 0.3) is 0 Å². The molecular formula is C16H14BrClN2. The Labute approximate surface area is 132 Å². The van der Waals surface area contributed by atoms with Crippen molar-refractivity contribution in [2.45, 2.75) is 19.5 Å². The first kappa shape index (κ1) is 15.1. The van der Waals surface area contributed by atoms with Crippen LogP contribution in [0.1, 0.15) is 29.7 Å². The predicted molar refractivity (Wildman–Crippen MR) is 85.6 cm³/mol. The summed E-state index contributed by atoms with van der Waals surface area (Å²) in [5.41, 5.74) is 3.00. The van der Waals surface area contributed by atoms with Gasteiger partial charge in [-0.25, -0.2) is 0 Å². The van der Waals surface area contributed by atoms with Gasteiger partial charge in [-0.1, -0.05) is 45.7 Å². The molecule has 0 amide bonds. The molecule has 2 nitrogen and oxygen atoms in total. The van der Waals surface area contributed by atoms with E-state index in [1.165, 1.54) is 0 Å². The molecule has 0 fully saturated rings. The van der Waals surface area contributed by atoms with E-state index in [4.69, 9.17) is 16.9 Å². The quantitative estimate of drug-likeness (QED) is 0.858. The molecule has 0 bridgehead atoms. The fourth-order valence-electron chi connectivity index (χ4n) is 1.89. The predicted octanol–water partition coefficient (Wildman–Crippen LogP) is 4.82. The SMILES string of the molecule is CC(NCc1ccc(Cl)cc1Br)c1ccc(C#N)cc1. The zero-order valence-corrected chi connectivity index (χ0v) is 13.4. The van der Waals surface area contributed by atoms with Crippen LogP contribution in [-0.4, -0.2) is 0 Å². The number of halogens is 2. The number of benzene rings is 2. The van der Waals surface area contributed by atoms with Crippen molar-refractivity contribution in [2.24, 2.45) is 0 Å². The van der Waals surface area contributed by atoms with E-state index >= 15 is 0 Å². The first-order chi connectivity index (χ1) is 9.60. The van der Waals surface area contributed by atoms with Crippen molar-refractivity contribution < 1.29 is 0 Å². The molecule has 2 aromatic rings. The number of hydrogen-bond donors (Lipinski definition) is 1. The van der Waals surface area contributed by atoms with Gasteiger partial charge in [0.2, 0.25) is 0 Å². The molecule has 0 aliphatic carbocycles. The molecule has 0 aromatic heterocycles. The molecule has 0 aliphatic rings. The van der Waals surface area contributed by atoms with Crippen LogP contribution in [0.4, 0.5) is 0 Å². The summed E-state index contributed by atoms with van der Waals surface area (Å²) >= 11 is 9.44. The summed E-state index contributed by atoms with van der Waals surface area (Å²) in [6.45, 7) is 2.85. The second kappa shape index (κ2) is 6.90. The molecular weight excluding hydrogens is 336 g/mol. The molecule has 2 aromatic carbocycles. The average molecular weight is 350 g/mol. The Morgan fingerprint density at radius 1 is 1.25 bits per heavy atom. The maximum atomic E-state index is 8.79. The minimum absolute atomic E-state index is 0.213. The Balaban J connectivity index is 2.00. The Bertz CT molecular complexity index is 632. The van der Waals surface area contributed by atoms with Crippen molar-refractivity contribution in [1.82, 2.24) is 5.32 Å². The lowest BCUT2D eigenvalue weighted by atomic mass is 10.1. The molecule has 0 radical (unpaired) electrons. The second-order valence-corrected chi connectivity index (χ2v) is 5.86. The minimum atomic E-state index is 0.213. The van der Waals surface area contributed by atoms with Gasteiger partial charge in [-0.15, -0.1) is 0 Å². The van der Waals surface area contributed by atoms with E-state index in [1.807, 2.05) is 42.5 Å². The Kier molecular flexibility index (Phi) is 5.19. The fourth-order valence-corrected chi connectivity index (χ4v) is 2.72. The lowest BCUT2D eigenvalue weighted by Gasteiger charge is -2.15. The Hall–Kier alpha value is -1.34. The van der Waals surface area contributed by atoms with Crippen LogP contribution in [-0.2, 0) is 6.54 Å². The lowest BCUT2D eigenvalue weighted by Crippen LogP contribution is -2.18. The number of rotatable bonds is 4. The fraction of sp³-hybridized carbons (Fsp3) is 0.188. The average Bonchev–Trinajstić information content (AvgIpc) is 2.46. The summed E-state index contributed by atoms with van der Waals surface area (Å²) in [5, 5.41) is 13.0.